The van der Waals surface area contributed by atoms with E-state index in [2.05, 4.69) is 22.6 Å². The first kappa shape index (κ1) is 10.5. The van der Waals surface area contributed by atoms with Crippen LogP contribution < -0.4 is 0 Å². The number of rotatable bonds is 2. The number of hydrogen-bond donors (Lipinski definition) is 1. The standard InChI is InChI=1S/C9H6ClIO2/c10-7-2-1-3-8(11)6(7)4-5-9(12)13/h1-5H,(H,12,13)/b5-4+. The van der Waals surface area contributed by atoms with E-state index in [1.807, 2.05) is 12.1 Å². The molecule has 0 aliphatic rings. The molecular weight excluding hydrogens is 302 g/mol. The normalized spacial score (nSPS) is 10.6. The zero-order valence-electron chi connectivity index (χ0n) is 6.50. The van der Waals surface area contributed by atoms with Crippen LogP contribution in [0.1, 0.15) is 5.56 Å². The molecule has 0 aromatic heterocycles. The third-order valence-electron chi connectivity index (χ3n) is 1.39. The van der Waals surface area contributed by atoms with Crippen molar-refractivity contribution in [1.29, 1.82) is 0 Å². The average molecular weight is 309 g/mol. The maximum atomic E-state index is 10.3. The van der Waals surface area contributed by atoms with E-state index in [4.69, 9.17) is 16.7 Å². The average Bonchev–Trinajstić information content (AvgIpc) is 2.03. The van der Waals surface area contributed by atoms with Gasteiger partial charge in [0.05, 0.1) is 0 Å². The first-order valence-corrected chi connectivity index (χ1v) is 4.92. The molecule has 13 heavy (non-hydrogen) atoms. The molecule has 0 saturated carbocycles. The van der Waals surface area contributed by atoms with Crippen molar-refractivity contribution in [1.82, 2.24) is 0 Å². The van der Waals surface area contributed by atoms with Gasteiger partial charge in [-0.25, -0.2) is 4.79 Å². The second-order valence-electron chi connectivity index (χ2n) is 2.31. The molecule has 0 aliphatic heterocycles. The van der Waals surface area contributed by atoms with Gasteiger partial charge in [0.25, 0.3) is 0 Å². The Morgan fingerprint density at radius 3 is 2.77 bits per heavy atom. The summed E-state index contributed by atoms with van der Waals surface area (Å²) in [6.07, 6.45) is 2.57. The molecule has 0 amide bonds. The highest BCUT2D eigenvalue weighted by Gasteiger charge is 2.00. The SMILES string of the molecule is O=C(O)/C=C/c1c(Cl)cccc1I. The summed E-state index contributed by atoms with van der Waals surface area (Å²) in [7, 11) is 0. The molecule has 0 saturated heterocycles. The lowest BCUT2D eigenvalue weighted by Crippen LogP contribution is -1.87. The van der Waals surface area contributed by atoms with Gasteiger partial charge in [-0.05, 0) is 40.8 Å². The number of carbonyl (C=O) groups is 1. The van der Waals surface area contributed by atoms with Crippen LogP contribution in [0, 0.1) is 3.57 Å². The number of carboxylic acid groups (broad SMARTS) is 1. The van der Waals surface area contributed by atoms with Crippen LogP contribution in [0.25, 0.3) is 6.08 Å². The van der Waals surface area contributed by atoms with Gasteiger partial charge in [0.15, 0.2) is 0 Å². The first-order valence-electron chi connectivity index (χ1n) is 3.46. The Bertz CT molecular complexity index is 340. The molecule has 1 N–H and O–H groups in total. The predicted octanol–water partition coefficient (Wildman–Crippen LogP) is 3.04. The van der Waals surface area contributed by atoms with Gasteiger partial charge in [-0.2, -0.15) is 0 Å². The van der Waals surface area contributed by atoms with Gasteiger partial charge in [0.1, 0.15) is 0 Å². The van der Waals surface area contributed by atoms with Crippen molar-refractivity contribution in [3.8, 4) is 0 Å². The van der Waals surface area contributed by atoms with Crippen molar-refractivity contribution < 1.29 is 9.90 Å². The molecule has 0 unspecified atom stereocenters. The fraction of sp³-hybridized carbons (Fsp3) is 0. The molecule has 2 nitrogen and oxygen atoms in total. The highest BCUT2D eigenvalue weighted by Crippen LogP contribution is 2.22. The molecule has 1 aromatic rings. The maximum absolute atomic E-state index is 10.3. The lowest BCUT2D eigenvalue weighted by atomic mass is 10.2. The summed E-state index contributed by atoms with van der Waals surface area (Å²) in [5.74, 6) is -0.976. The van der Waals surface area contributed by atoms with E-state index in [9.17, 15) is 4.79 Å². The molecule has 1 aromatic carbocycles. The number of benzene rings is 1. The second-order valence-corrected chi connectivity index (χ2v) is 3.88. The lowest BCUT2D eigenvalue weighted by molar-refractivity contribution is -0.131. The van der Waals surface area contributed by atoms with Crippen LogP contribution in [0.5, 0.6) is 0 Å². The summed E-state index contributed by atoms with van der Waals surface area (Å²) < 4.78 is 0.933. The fourth-order valence-corrected chi connectivity index (χ4v) is 1.90. The number of aliphatic carboxylic acids is 1. The fourth-order valence-electron chi connectivity index (χ4n) is 0.825. The monoisotopic (exact) mass is 308 g/mol. The summed E-state index contributed by atoms with van der Waals surface area (Å²) in [6, 6.07) is 5.42. The maximum Gasteiger partial charge on any atom is 0.328 e. The number of halogens is 2. The minimum absolute atomic E-state index is 0.560. The molecule has 0 bridgehead atoms. The molecule has 0 aliphatic carbocycles. The largest absolute Gasteiger partial charge is 0.478 e. The molecule has 4 heteroatoms. The van der Waals surface area contributed by atoms with Gasteiger partial charge in [-0.3, -0.25) is 0 Å². The lowest BCUT2D eigenvalue weighted by Gasteiger charge is -1.99. The van der Waals surface area contributed by atoms with Crippen molar-refractivity contribution in [3.05, 3.63) is 38.4 Å². The van der Waals surface area contributed by atoms with E-state index in [-0.39, 0.29) is 0 Å². The molecule has 0 atom stereocenters. The third-order valence-corrected chi connectivity index (χ3v) is 2.66. The van der Waals surface area contributed by atoms with E-state index in [1.54, 1.807) is 6.07 Å². The van der Waals surface area contributed by atoms with Gasteiger partial charge < -0.3 is 5.11 Å². The summed E-state index contributed by atoms with van der Waals surface area (Å²) in [5, 5.41) is 8.98. The van der Waals surface area contributed by atoms with Crippen LogP contribution in [0.3, 0.4) is 0 Å². The van der Waals surface area contributed by atoms with Crippen molar-refractivity contribution in [2.24, 2.45) is 0 Å². The second kappa shape index (κ2) is 4.62. The molecule has 0 fully saturated rings. The van der Waals surface area contributed by atoms with Crippen LogP contribution in [-0.4, -0.2) is 11.1 Å². The van der Waals surface area contributed by atoms with E-state index < -0.39 is 5.97 Å². The van der Waals surface area contributed by atoms with Crippen LogP contribution >= 0.6 is 34.2 Å². The van der Waals surface area contributed by atoms with E-state index in [1.165, 1.54) is 6.08 Å². The Labute approximate surface area is 94.4 Å². The Kier molecular flexibility index (Phi) is 3.74. The van der Waals surface area contributed by atoms with Crippen LogP contribution in [0.15, 0.2) is 24.3 Å². The molecule has 0 heterocycles. The highest BCUT2D eigenvalue weighted by molar-refractivity contribution is 14.1. The van der Waals surface area contributed by atoms with Crippen molar-refractivity contribution in [2.45, 2.75) is 0 Å². The topological polar surface area (TPSA) is 37.3 Å². The van der Waals surface area contributed by atoms with Crippen LogP contribution in [0.2, 0.25) is 5.02 Å². The van der Waals surface area contributed by atoms with E-state index >= 15 is 0 Å². The van der Waals surface area contributed by atoms with Crippen molar-refractivity contribution in [2.75, 3.05) is 0 Å². The predicted molar refractivity (Wildman–Crippen MR) is 60.8 cm³/mol. The summed E-state index contributed by atoms with van der Waals surface area (Å²) >= 11 is 7.97. The van der Waals surface area contributed by atoms with E-state index in [0.717, 1.165) is 15.2 Å². The minimum Gasteiger partial charge on any atom is -0.478 e. The molecule has 0 radical (unpaired) electrons. The number of hydrogen-bond acceptors (Lipinski definition) is 1. The zero-order valence-corrected chi connectivity index (χ0v) is 9.41. The summed E-state index contributed by atoms with van der Waals surface area (Å²) in [4.78, 5) is 10.3. The molecule has 68 valence electrons. The zero-order chi connectivity index (χ0) is 9.84. The van der Waals surface area contributed by atoms with E-state index in [0.29, 0.717) is 5.02 Å². The van der Waals surface area contributed by atoms with Crippen molar-refractivity contribution >= 4 is 46.2 Å². The molecule has 1 rings (SSSR count). The van der Waals surface area contributed by atoms with Gasteiger partial charge in [-0.1, -0.05) is 17.7 Å². The van der Waals surface area contributed by atoms with Crippen molar-refractivity contribution in [3.63, 3.8) is 0 Å². The Balaban J connectivity index is 3.06. The summed E-state index contributed by atoms with van der Waals surface area (Å²) in [6.45, 7) is 0. The molecule has 0 spiro atoms. The van der Waals surface area contributed by atoms with Gasteiger partial charge in [0, 0.05) is 20.2 Å². The van der Waals surface area contributed by atoms with Crippen LogP contribution in [-0.2, 0) is 4.79 Å². The Morgan fingerprint density at radius 1 is 1.54 bits per heavy atom. The van der Waals surface area contributed by atoms with Gasteiger partial charge >= 0.3 is 5.97 Å². The first-order chi connectivity index (χ1) is 6.11. The number of carboxylic acids is 1. The Hall–Kier alpha value is -0.550. The highest BCUT2D eigenvalue weighted by atomic mass is 127. The van der Waals surface area contributed by atoms with Gasteiger partial charge in [0.2, 0.25) is 0 Å². The summed E-state index contributed by atoms with van der Waals surface area (Å²) in [5.41, 5.74) is 0.743. The quantitative estimate of drug-likeness (QED) is 0.673. The third kappa shape index (κ3) is 3.00. The minimum atomic E-state index is -0.976. The van der Waals surface area contributed by atoms with Gasteiger partial charge in [-0.15, -0.1) is 0 Å². The Morgan fingerprint density at radius 2 is 2.23 bits per heavy atom. The van der Waals surface area contributed by atoms with Crippen LogP contribution in [0.4, 0.5) is 0 Å². The molecular formula is C9H6ClIO2. The smallest absolute Gasteiger partial charge is 0.328 e.